The lowest BCUT2D eigenvalue weighted by molar-refractivity contribution is -0.253. The number of cyclic esters (lactones) is 1. The molecule has 0 bridgehead atoms. The minimum absolute atomic E-state index is 0.0228. The Morgan fingerprint density at radius 3 is 2.64 bits per heavy atom. The van der Waals surface area contributed by atoms with Gasteiger partial charge in [0.1, 0.15) is 11.3 Å². The van der Waals surface area contributed by atoms with Crippen molar-refractivity contribution < 1.29 is 37.0 Å². The van der Waals surface area contributed by atoms with E-state index >= 15 is 0 Å². The predicted octanol–water partition coefficient (Wildman–Crippen LogP) is 2.10. The van der Waals surface area contributed by atoms with Crippen LogP contribution in [0.5, 0.6) is 5.75 Å². The molecule has 0 saturated carbocycles. The summed E-state index contributed by atoms with van der Waals surface area (Å²) in [6, 6.07) is 3.96. The highest BCUT2D eigenvalue weighted by Crippen LogP contribution is 2.42. The molecule has 22 heavy (non-hydrogen) atoms. The number of anilines is 1. The second kappa shape index (κ2) is 5.39. The van der Waals surface area contributed by atoms with Crippen molar-refractivity contribution in [2.24, 2.45) is 0 Å². The molecule has 9 heteroatoms. The van der Waals surface area contributed by atoms with Crippen LogP contribution in [-0.2, 0) is 14.3 Å². The number of fused-ring (bicyclic) bond motifs is 1. The van der Waals surface area contributed by atoms with E-state index in [1.807, 2.05) is 5.32 Å². The zero-order chi connectivity index (χ0) is 16.5. The van der Waals surface area contributed by atoms with Crippen LogP contribution in [0.15, 0.2) is 18.2 Å². The van der Waals surface area contributed by atoms with E-state index in [4.69, 9.17) is 4.74 Å². The van der Waals surface area contributed by atoms with Gasteiger partial charge in [-0.05, 0) is 19.1 Å². The van der Waals surface area contributed by atoms with Crippen molar-refractivity contribution >= 4 is 17.6 Å². The monoisotopic (exact) mass is 319 g/mol. The quantitative estimate of drug-likeness (QED) is 0.860. The van der Waals surface area contributed by atoms with Gasteiger partial charge in [0, 0.05) is 0 Å². The molecule has 0 spiro atoms. The third kappa shape index (κ3) is 2.32. The summed E-state index contributed by atoms with van der Waals surface area (Å²) >= 11 is 0. The number of ether oxygens (including phenoxy) is 3. The van der Waals surface area contributed by atoms with E-state index in [0.29, 0.717) is 0 Å². The summed E-state index contributed by atoms with van der Waals surface area (Å²) in [5, 5.41) is 1.92. The highest BCUT2D eigenvalue weighted by atomic mass is 19.4. The van der Waals surface area contributed by atoms with Gasteiger partial charge in [-0.25, -0.2) is 9.59 Å². The molecule has 0 aliphatic carbocycles. The van der Waals surface area contributed by atoms with Crippen molar-refractivity contribution in [3.05, 3.63) is 23.8 Å². The highest BCUT2D eigenvalue weighted by Gasteiger charge is 2.68. The topological polar surface area (TPSA) is 73.9 Å². The van der Waals surface area contributed by atoms with Crippen LogP contribution >= 0.6 is 0 Å². The van der Waals surface area contributed by atoms with Crippen LogP contribution in [0.3, 0.4) is 0 Å². The van der Waals surface area contributed by atoms with Crippen LogP contribution in [0.1, 0.15) is 17.3 Å². The second-order valence-electron chi connectivity index (χ2n) is 4.30. The maximum Gasteiger partial charge on any atom is 0.460 e. The van der Waals surface area contributed by atoms with Crippen LogP contribution in [0.4, 0.5) is 18.9 Å². The molecule has 1 aromatic carbocycles. The number of benzene rings is 1. The Morgan fingerprint density at radius 1 is 1.41 bits per heavy atom. The fourth-order valence-electron chi connectivity index (χ4n) is 1.99. The van der Waals surface area contributed by atoms with E-state index in [0.717, 1.165) is 0 Å². The Hall–Kier alpha value is -2.45. The molecule has 0 fully saturated rings. The summed E-state index contributed by atoms with van der Waals surface area (Å²) in [7, 11) is 1.25. The number of nitrogens with one attached hydrogen (secondary N) is 1. The lowest BCUT2D eigenvalue weighted by atomic mass is 10.1. The number of hydrogen-bond acceptors (Lipinski definition) is 6. The minimum atomic E-state index is -5.21. The summed E-state index contributed by atoms with van der Waals surface area (Å²) < 4.78 is 53.7. The van der Waals surface area contributed by atoms with E-state index in [-0.39, 0.29) is 23.6 Å². The SMILES string of the molecule is CCOC(=O)C1(C(F)(F)F)Nc2cccc(OC)c2C(=O)O1. The first-order valence-electron chi connectivity index (χ1n) is 6.19. The van der Waals surface area contributed by atoms with Gasteiger partial charge in [0.15, 0.2) is 0 Å². The van der Waals surface area contributed by atoms with E-state index < -0.39 is 23.8 Å². The summed E-state index contributed by atoms with van der Waals surface area (Å²) in [4.78, 5) is 23.7. The molecule has 1 aliphatic rings. The van der Waals surface area contributed by atoms with E-state index in [1.165, 1.54) is 32.2 Å². The third-order valence-electron chi connectivity index (χ3n) is 2.97. The molecule has 0 saturated heterocycles. The zero-order valence-corrected chi connectivity index (χ0v) is 11.6. The van der Waals surface area contributed by atoms with Crippen LogP contribution in [0.25, 0.3) is 0 Å². The minimum Gasteiger partial charge on any atom is -0.496 e. The van der Waals surface area contributed by atoms with Gasteiger partial charge in [0.25, 0.3) is 0 Å². The highest BCUT2D eigenvalue weighted by molar-refractivity contribution is 6.04. The molecule has 1 aliphatic heterocycles. The number of halogens is 3. The van der Waals surface area contributed by atoms with Gasteiger partial charge in [-0.1, -0.05) is 6.07 Å². The molecule has 2 rings (SSSR count). The number of carbonyl (C=O) groups excluding carboxylic acids is 2. The number of hydrogen-bond donors (Lipinski definition) is 1. The Balaban J connectivity index is 2.57. The first kappa shape index (κ1) is 15.9. The third-order valence-corrected chi connectivity index (χ3v) is 2.97. The largest absolute Gasteiger partial charge is 0.496 e. The van der Waals surface area contributed by atoms with Gasteiger partial charge >= 0.3 is 23.8 Å². The lowest BCUT2D eigenvalue weighted by Crippen LogP contribution is -2.63. The molecule has 1 heterocycles. The lowest BCUT2D eigenvalue weighted by Gasteiger charge is -2.37. The molecule has 0 amide bonds. The standard InChI is InChI=1S/C13H12F3NO5/c1-3-21-11(19)12(13(14,15)16)17-7-5-4-6-8(20-2)9(7)10(18)22-12/h4-6,17H,3H2,1-2H3. The maximum absolute atomic E-state index is 13.3. The van der Waals surface area contributed by atoms with Gasteiger partial charge in [-0.2, -0.15) is 13.2 Å². The molecule has 6 nitrogen and oxygen atoms in total. The average Bonchev–Trinajstić information content (AvgIpc) is 2.45. The Morgan fingerprint density at radius 2 is 2.09 bits per heavy atom. The van der Waals surface area contributed by atoms with Gasteiger partial charge < -0.3 is 19.5 Å². The molecule has 0 aromatic heterocycles. The fourth-order valence-corrected chi connectivity index (χ4v) is 1.99. The Labute approximate surface area is 123 Å². The zero-order valence-electron chi connectivity index (χ0n) is 11.6. The normalized spacial score (nSPS) is 20.5. The number of carbonyl (C=O) groups is 2. The number of alkyl halides is 3. The van der Waals surface area contributed by atoms with Crippen molar-refractivity contribution in [3.8, 4) is 5.75 Å². The van der Waals surface area contributed by atoms with Crippen LogP contribution in [0, 0.1) is 0 Å². The molecular weight excluding hydrogens is 307 g/mol. The van der Waals surface area contributed by atoms with Gasteiger partial charge in [0.2, 0.25) is 0 Å². The molecule has 1 N–H and O–H groups in total. The van der Waals surface area contributed by atoms with E-state index in [9.17, 15) is 22.8 Å². The Kier molecular flexibility index (Phi) is 3.90. The van der Waals surface area contributed by atoms with Crippen molar-refractivity contribution in [1.29, 1.82) is 0 Å². The van der Waals surface area contributed by atoms with E-state index in [2.05, 4.69) is 9.47 Å². The maximum atomic E-state index is 13.3. The molecule has 0 radical (unpaired) electrons. The van der Waals surface area contributed by atoms with Crippen molar-refractivity contribution in [3.63, 3.8) is 0 Å². The van der Waals surface area contributed by atoms with E-state index in [1.54, 1.807) is 0 Å². The van der Waals surface area contributed by atoms with Gasteiger partial charge in [-0.3, -0.25) is 0 Å². The molecule has 1 aromatic rings. The molecule has 1 unspecified atom stereocenters. The Bertz CT molecular complexity index is 616. The fraction of sp³-hybridized carbons (Fsp3) is 0.385. The van der Waals surface area contributed by atoms with Gasteiger partial charge in [-0.15, -0.1) is 0 Å². The summed E-state index contributed by atoms with van der Waals surface area (Å²) in [6.07, 6.45) is -5.21. The summed E-state index contributed by atoms with van der Waals surface area (Å²) in [5.41, 5.74) is -4.05. The summed E-state index contributed by atoms with van der Waals surface area (Å²) in [6.45, 7) is 1.03. The average molecular weight is 319 g/mol. The first-order chi connectivity index (χ1) is 10.3. The van der Waals surface area contributed by atoms with Crippen LogP contribution in [-0.4, -0.2) is 37.6 Å². The molecule has 1 atom stereocenters. The van der Waals surface area contributed by atoms with Crippen LogP contribution in [0.2, 0.25) is 0 Å². The van der Waals surface area contributed by atoms with Crippen molar-refractivity contribution in [1.82, 2.24) is 0 Å². The number of rotatable bonds is 3. The number of esters is 2. The van der Waals surface area contributed by atoms with Crippen LogP contribution < -0.4 is 10.1 Å². The predicted molar refractivity (Wildman–Crippen MR) is 67.5 cm³/mol. The molecule has 120 valence electrons. The van der Waals surface area contributed by atoms with Crippen molar-refractivity contribution in [2.75, 3.05) is 19.0 Å². The number of methoxy groups -OCH3 is 1. The second-order valence-corrected chi connectivity index (χ2v) is 4.30. The van der Waals surface area contributed by atoms with Gasteiger partial charge in [0.05, 0.1) is 19.4 Å². The summed E-state index contributed by atoms with van der Waals surface area (Å²) in [5.74, 6) is -3.06. The molecular formula is C13H12F3NO5. The first-order valence-corrected chi connectivity index (χ1v) is 6.19. The smallest absolute Gasteiger partial charge is 0.460 e. The van der Waals surface area contributed by atoms with Crippen molar-refractivity contribution in [2.45, 2.75) is 18.8 Å².